The van der Waals surface area contributed by atoms with Crippen LogP contribution in [0.1, 0.15) is 0 Å². The van der Waals surface area contributed by atoms with Gasteiger partial charge in [0.05, 0.1) is 5.75 Å². The van der Waals surface area contributed by atoms with E-state index >= 15 is 0 Å². The zero-order chi connectivity index (χ0) is 17.2. The zero-order valence-corrected chi connectivity index (χ0v) is 13.9. The maximum atomic E-state index is 12.3. The number of carbonyl (C=O) groups is 1. The molecule has 0 aliphatic carbocycles. The molecule has 25 heavy (non-hydrogen) atoms. The highest BCUT2D eigenvalue weighted by Crippen LogP contribution is 2.24. The normalized spacial score (nSPS) is 11.0. The Kier molecular flexibility index (Phi) is 3.95. The van der Waals surface area contributed by atoms with Crippen LogP contribution in [0.25, 0.3) is 21.9 Å². The topological polar surface area (TPSA) is 110 Å². The molecule has 0 radical (unpaired) electrons. The van der Waals surface area contributed by atoms with E-state index in [0.29, 0.717) is 22.1 Å². The lowest BCUT2D eigenvalue weighted by Gasteiger charge is -2.08. The van der Waals surface area contributed by atoms with Crippen LogP contribution in [0.2, 0.25) is 0 Å². The Morgan fingerprint density at radius 1 is 1.16 bits per heavy atom. The monoisotopic (exact) mass is 350 g/mol. The van der Waals surface area contributed by atoms with Gasteiger partial charge >= 0.3 is 0 Å². The van der Waals surface area contributed by atoms with Crippen LogP contribution in [0, 0.1) is 0 Å². The fraction of sp³-hybridized carbons (Fsp3) is 0.0588. The molecule has 124 valence electrons. The van der Waals surface area contributed by atoms with Crippen LogP contribution < -0.4 is 11.1 Å². The van der Waals surface area contributed by atoms with E-state index in [1.54, 1.807) is 0 Å². The highest BCUT2D eigenvalue weighted by Gasteiger charge is 2.11. The summed E-state index contributed by atoms with van der Waals surface area (Å²) >= 11 is 1.29. The standard InChI is InChI=1S/C17H14N6OS/c18-15-14-16(20-9-19-15)23-17(22-14)25-8-13(24)21-12-7-3-5-10-4-1-2-6-11(10)12/h1-7,9H,8H2,(H,21,24)(H3,18,19,20,22,23). The lowest BCUT2D eigenvalue weighted by molar-refractivity contribution is -0.113. The molecule has 0 bridgehead atoms. The number of hydrogen-bond acceptors (Lipinski definition) is 6. The van der Waals surface area contributed by atoms with Crippen molar-refractivity contribution in [2.75, 3.05) is 16.8 Å². The third kappa shape index (κ3) is 3.11. The van der Waals surface area contributed by atoms with Crippen molar-refractivity contribution in [2.45, 2.75) is 5.16 Å². The number of nitrogens with zero attached hydrogens (tertiary/aromatic N) is 3. The summed E-state index contributed by atoms with van der Waals surface area (Å²) in [4.78, 5) is 27.6. The molecule has 8 heteroatoms. The van der Waals surface area contributed by atoms with Crippen molar-refractivity contribution < 1.29 is 4.79 Å². The number of fused-ring (bicyclic) bond motifs is 2. The average molecular weight is 350 g/mol. The number of benzene rings is 2. The number of H-pyrrole nitrogens is 1. The average Bonchev–Trinajstić information content (AvgIpc) is 3.05. The quantitative estimate of drug-likeness (QED) is 0.488. The predicted octanol–water partition coefficient (Wildman–Crippen LogP) is 2.82. The summed E-state index contributed by atoms with van der Waals surface area (Å²) in [6, 6.07) is 13.7. The first-order chi connectivity index (χ1) is 12.2. The van der Waals surface area contributed by atoms with Gasteiger partial charge < -0.3 is 16.0 Å². The summed E-state index contributed by atoms with van der Waals surface area (Å²) in [6.07, 6.45) is 1.36. The molecule has 7 nitrogen and oxygen atoms in total. The van der Waals surface area contributed by atoms with Crippen molar-refractivity contribution in [1.82, 2.24) is 19.9 Å². The minimum absolute atomic E-state index is 0.110. The second-order valence-electron chi connectivity index (χ2n) is 5.36. The van der Waals surface area contributed by atoms with Crippen molar-refractivity contribution in [1.29, 1.82) is 0 Å². The van der Waals surface area contributed by atoms with Crippen LogP contribution in [-0.2, 0) is 4.79 Å². The number of rotatable bonds is 4. The first-order valence-electron chi connectivity index (χ1n) is 7.57. The minimum atomic E-state index is -0.110. The molecule has 2 heterocycles. The van der Waals surface area contributed by atoms with Crippen molar-refractivity contribution in [3.8, 4) is 0 Å². The fourth-order valence-corrected chi connectivity index (χ4v) is 3.21. The van der Waals surface area contributed by atoms with E-state index in [9.17, 15) is 4.79 Å². The molecule has 0 atom stereocenters. The molecule has 0 aliphatic rings. The summed E-state index contributed by atoms with van der Waals surface area (Å²) < 4.78 is 0. The van der Waals surface area contributed by atoms with Crippen LogP contribution in [0.5, 0.6) is 0 Å². The largest absolute Gasteiger partial charge is 0.382 e. The molecular formula is C17H14N6OS. The molecule has 2 aromatic carbocycles. The number of hydrogen-bond donors (Lipinski definition) is 3. The van der Waals surface area contributed by atoms with E-state index in [0.717, 1.165) is 16.5 Å². The molecule has 4 N–H and O–H groups in total. The Morgan fingerprint density at radius 2 is 2.00 bits per heavy atom. The SMILES string of the molecule is Nc1ncnc2nc(SCC(=O)Nc3cccc4ccccc34)[nH]c12. The zero-order valence-electron chi connectivity index (χ0n) is 13.1. The van der Waals surface area contributed by atoms with Gasteiger partial charge in [-0.15, -0.1) is 0 Å². The summed E-state index contributed by atoms with van der Waals surface area (Å²) in [6.45, 7) is 0. The van der Waals surface area contributed by atoms with Gasteiger partial charge in [-0.25, -0.2) is 15.0 Å². The van der Waals surface area contributed by atoms with E-state index in [-0.39, 0.29) is 11.7 Å². The first-order valence-corrected chi connectivity index (χ1v) is 8.56. The van der Waals surface area contributed by atoms with Crippen LogP contribution in [0.4, 0.5) is 11.5 Å². The second-order valence-corrected chi connectivity index (χ2v) is 6.33. The highest BCUT2D eigenvalue weighted by molar-refractivity contribution is 7.99. The van der Waals surface area contributed by atoms with E-state index in [2.05, 4.69) is 25.3 Å². The van der Waals surface area contributed by atoms with Gasteiger partial charge in [-0.05, 0) is 11.5 Å². The number of nitrogen functional groups attached to an aromatic ring is 1. The van der Waals surface area contributed by atoms with Crippen molar-refractivity contribution in [3.05, 3.63) is 48.8 Å². The van der Waals surface area contributed by atoms with Crippen molar-refractivity contribution >= 4 is 51.1 Å². The van der Waals surface area contributed by atoms with Crippen LogP contribution in [0.3, 0.4) is 0 Å². The van der Waals surface area contributed by atoms with Gasteiger partial charge in [-0.3, -0.25) is 4.79 Å². The number of aromatic nitrogens is 4. The number of aromatic amines is 1. The van der Waals surface area contributed by atoms with E-state index in [4.69, 9.17) is 5.73 Å². The number of carbonyl (C=O) groups excluding carboxylic acids is 1. The molecule has 2 aromatic heterocycles. The third-order valence-corrected chi connectivity index (χ3v) is 4.57. The van der Waals surface area contributed by atoms with Gasteiger partial charge in [0.15, 0.2) is 16.6 Å². The van der Waals surface area contributed by atoms with Gasteiger partial charge in [0.2, 0.25) is 5.91 Å². The maximum Gasteiger partial charge on any atom is 0.234 e. The van der Waals surface area contributed by atoms with Crippen molar-refractivity contribution in [2.24, 2.45) is 0 Å². The number of anilines is 2. The Labute approximate surface area is 147 Å². The number of amides is 1. The molecule has 4 aromatic rings. The minimum Gasteiger partial charge on any atom is -0.382 e. The molecule has 0 saturated heterocycles. The Bertz CT molecular complexity index is 1070. The fourth-order valence-electron chi connectivity index (χ4n) is 2.55. The van der Waals surface area contributed by atoms with Gasteiger partial charge in [-0.2, -0.15) is 0 Å². The molecular weight excluding hydrogens is 336 g/mol. The van der Waals surface area contributed by atoms with Crippen LogP contribution >= 0.6 is 11.8 Å². The Morgan fingerprint density at radius 3 is 2.88 bits per heavy atom. The van der Waals surface area contributed by atoms with E-state index in [1.165, 1.54) is 18.1 Å². The second kappa shape index (κ2) is 6.40. The molecule has 0 spiro atoms. The number of imidazole rings is 1. The van der Waals surface area contributed by atoms with Gasteiger partial charge in [-0.1, -0.05) is 48.2 Å². The van der Waals surface area contributed by atoms with Gasteiger partial charge in [0.25, 0.3) is 0 Å². The van der Waals surface area contributed by atoms with E-state index < -0.39 is 0 Å². The summed E-state index contributed by atoms with van der Waals surface area (Å²) in [5.74, 6) is 0.446. The number of thioether (sulfide) groups is 1. The molecule has 0 aliphatic heterocycles. The molecule has 4 rings (SSSR count). The smallest absolute Gasteiger partial charge is 0.234 e. The number of nitrogens with one attached hydrogen (secondary N) is 2. The lowest BCUT2D eigenvalue weighted by Crippen LogP contribution is -2.14. The third-order valence-electron chi connectivity index (χ3n) is 3.70. The maximum absolute atomic E-state index is 12.3. The number of nitrogens with two attached hydrogens (primary N) is 1. The molecule has 1 amide bonds. The lowest BCUT2D eigenvalue weighted by atomic mass is 10.1. The highest BCUT2D eigenvalue weighted by atomic mass is 32.2. The molecule has 0 saturated carbocycles. The molecule has 0 unspecified atom stereocenters. The summed E-state index contributed by atoms with van der Waals surface area (Å²) in [7, 11) is 0. The summed E-state index contributed by atoms with van der Waals surface area (Å²) in [5.41, 5.74) is 7.64. The van der Waals surface area contributed by atoms with Crippen molar-refractivity contribution in [3.63, 3.8) is 0 Å². The Hall–Kier alpha value is -3.13. The van der Waals surface area contributed by atoms with E-state index in [1.807, 2.05) is 42.5 Å². The van der Waals surface area contributed by atoms with Gasteiger partial charge in [0.1, 0.15) is 11.8 Å². The van der Waals surface area contributed by atoms with Crippen LogP contribution in [-0.4, -0.2) is 31.6 Å². The van der Waals surface area contributed by atoms with Crippen LogP contribution in [0.15, 0.2) is 53.9 Å². The first kappa shape index (κ1) is 15.4. The Balaban J connectivity index is 1.47. The summed E-state index contributed by atoms with van der Waals surface area (Å²) in [5, 5.41) is 5.62. The van der Waals surface area contributed by atoms with Gasteiger partial charge in [0, 0.05) is 11.1 Å². The molecule has 0 fully saturated rings. The predicted molar refractivity (Wildman–Crippen MR) is 99.4 cm³/mol.